The first-order valence-corrected chi connectivity index (χ1v) is 20.2. The topological polar surface area (TPSA) is 18.5 Å². The number of alkyl halides is 12. The Bertz CT molecular complexity index is 2360. The molecule has 6 rings (SSSR count). The van der Waals surface area contributed by atoms with Gasteiger partial charge in [0.15, 0.2) is 0 Å². The van der Waals surface area contributed by atoms with Crippen LogP contribution in [0, 0.1) is 0 Å². The molecule has 1 aliphatic rings. The molecule has 5 aromatic carbocycles. The Morgan fingerprint density at radius 1 is 0.492 bits per heavy atom. The molecular formula is C49H48F12INO2. The second-order valence-electron chi connectivity index (χ2n) is 18.7. The minimum absolute atomic E-state index is 0. The maximum absolute atomic E-state index is 14.6. The van der Waals surface area contributed by atoms with Gasteiger partial charge in [0.1, 0.15) is 30.6 Å². The molecule has 1 atom stereocenters. The highest BCUT2D eigenvalue weighted by molar-refractivity contribution is 5.93. The number of nitrogens with zero attached hydrogens (tertiary/aromatic N) is 1. The zero-order chi connectivity index (χ0) is 47.9. The van der Waals surface area contributed by atoms with Crippen molar-refractivity contribution in [3.8, 4) is 44.9 Å². The smallest absolute Gasteiger partial charge is 0.416 e. The quantitative estimate of drug-likeness (QED) is 0.0959. The molecule has 0 aromatic heterocycles. The van der Waals surface area contributed by atoms with Gasteiger partial charge in [-0.1, -0.05) is 71.9 Å². The molecule has 0 saturated carbocycles. The Kier molecular flexibility index (Phi) is 13.7. The van der Waals surface area contributed by atoms with E-state index in [4.69, 9.17) is 9.47 Å². The van der Waals surface area contributed by atoms with E-state index >= 15 is 0 Å². The van der Waals surface area contributed by atoms with Gasteiger partial charge in [0.05, 0.1) is 43.5 Å². The van der Waals surface area contributed by atoms with E-state index in [0.29, 0.717) is 35.4 Å². The summed E-state index contributed by atoms with van der Waals surface area (Å²) in [6, 6.07) is 14.1. The molecule has 0 spiro atoms. The lowest BCUT2D eigenvalue weighted by molar-refractivity contribution is -0.962. The molecule has 16 heteroatoms. The summed E-state index contributed by atoms with van der Waals surface area (Å²) in [6.07, 6.45) is -20.8. The number of hydrogen-bond donors (Lipinski definition) is 0. The van der Waals surface area contributed by atoms with Crippen molar-refractivity contribution in [1.82, 2.24) is 0 Å². The van der Waals surface area contributed by atoms with E-state index < -0.39 is 75.0 Å². The number of fused-ring (bicyclic) bond motifs is 3. The van der Waals surface area contributed by atoms with Crippen LogP contribution in [0.5, 0.6) is 11.5 Å². The number of methoxy groups -OCH3 is 2. The first-order valence-electron chi connectivity index (χ1n) is 20.2. The van der Waals surface area contributed by atoms with Crippen molar-refractivity contribution < 1.29 is 90.6 Å². The summed E-state index contributed by atoms with van der Waals surface area (Å²) < 4.78 is 187. The monoisotopic (exact) mass is 1040 g/mol. The van der Waals surface area contributed by atoms with Crippen molar-refractivity contribution in [2.75, 3.05) is 21.3 Å². The number of ether oxygens (including phenoxy) is 2. The molecule has 0 saturated heterocycles. The van der Waals surface area contributed by atoms with Crippen LogP contribution in [0.15, 0.2) is 78.9 Å². The molecule has 0 aliphatic carbocycles. The van der Waals surface area contributed by atoms with E-state index in [-0.39, 0.29) is 98.6 Å². The normalized spacial score (nSPS) is 15.0. The summed E-state index contributed by atoms with van der Waals surface area (Å²) >= 11 is 0. The van der Waals surface area contributed by atoms with Crippen molar-refractivity contribution in [3.63, 3.8) is 0 Å². The minimum atomic E-state index is -5.20. The summed E-state index contributed by atoms with van der Waals surface area (Å²) in [5.41, 5.74) is -6.74. The molecular weight excluding hydrogens is 989 g/mol. The Labute approximate surface area is 387 Å². The largest absolute Gasteiger partial charge is 1.00 e. The maximum Gasteiger partial charge on any atom is 0.416 e. The van der Waals surface area contributed by atoms with Crippen LogP contribution < -0.4 is 33.5 Å². The van der Waals surface area contributed by atoms with Crippen LogP contribution in [-0.2, 0) is 48.6 Å². The van der Waals surface area contributed by atoms with Crippen LogP contribution in [0.3, 0.4) is 0 Å². The molecule has 0 N–H and O–H groups in total. The Morgan fingerprint density at radius 3 is 1.06 bits per heavy atom. The number of quaternary nitrogens is 1. The van der Waals surface area contributed by atoms with Crippen molar-refractivity contribution in [1.29, 1.82) is 0 Å². The maximum atomic E-state index is 14.6. The van der Waals surface area contributed by atoms with E-state index in [1.807, 2.05) is 19.1 Å². The van der Waals surface area contributed by atoms with Gasteiger partial charge in [-0.25, -0.2) is 0 Å². The van der Waals surface area contributed by atoms with E-state index in [0.717, 1.165) is 5.56 Å². The lowest BCUT2D eigenvalue weighted by Gasteiger charge is -2.41. The molecule has 0 amide bonds. The minimum Gasteiger partial charge on any atom is -1.00 e. The van der Waals surface area contributed by atoms with Crippen LogP contribution in [0.4, 0.5) is 52.7 Å². The van der Waals surface area contributed by atoms with Crippen molar-refractivity contribution in [3.05, 3.63) is 129 Å². The standard InChI is InChI=1S/C49H48F12NO2.HI/c1-26(27-14-12-11-13-15-27)62(8)24-36-34(28-16-30(46(50,51)52)20-31(17-28)47(53,54)55)22-38(44(2,3)4)42(63-9)40(36)41-37(25-62)35(23-39(43(41)64-10)45(5,6)7)29-18-32(48(56,57)58)21-33(19-29)49(59,60)61;/h11-23,26H,24-25H2,1-10H3;1H/q+1;/p-1/t26-;/m1./s1. The molecule has 1 aliphatic heterocycles. The van der Waals surface area contributed by atoms with Crippen molar-refractivity contribution in [2.45, 2.75) is 103 Å². The second-order valence-corrected chi connectivity index (χ2v) is 18.7. The van der Waals surface area contributed by atoms with Gasteiger partial charge in [0.25, 0.3) is 0 Å². The summed E-state index contributed by atoms with van der Waals surface area (Å²) in [4.78, 5) is 0. The number of hydrogen-bond acceptors (Lipinski definition) is 2. The third-order valence-electron chi connectivity index (χ3n) is 12.1. The van der Waals surface area contributed by atoms with Crippen LogP contribution >= 0.6 is 0 Å². The lowest BCUT2D eigenvalue weighted by atomic mass is 9.76. The fourth-order valence-electron chi connectivity index (χ4n) is 8.68. The van der Waals surface area contributed by atoms with Gasteiger partial charge in [-0.2, -0.15) is 52.7 Å². The first kappa shape index (κ1) is 51.5. The van der Waals surface area contributed by atoms with Crippen LogP contribution in [0.1, 0.15) is 105 Å². The molecule has 1 heterocycles. The molecule has 0 fully saturated rings. The van der Waals surface area contributed by atoms with Gasteiger partial charge in [0.2, 0.25) is 0 Å². The second kappa shape index (κ2) is 17.3. The Hall–Kier alpha value is -4.45. The molecule has 5 aromatic rings. The van der Waals surface area contributed by atoms with Crippen LogP contribution in [0.25, 0.3) is 33.4 Å². The Morgan fingerprint density at radius 2 is 0.800 bits per heavy atom. The molecule has 0 radical (unpaired) electrons. The molecule has 65 heavy (non-hydrogen) atoms. The summed E-state index contributed by atoms with van der Waals surface area (Å²) in [5.74, 6) is 0.290. The average Bonchev–Trinajstić information content (AvgIpc) is 3.32. The Balaban J connectivity index is 0.00000793. The van der Waals surface area contributed by atoms with Gasteiger partial charge in [-0.15, -0.1) is 0 Å². The van der Waals surface area contributed by atoms with Gasteiger partial charge in [0, 0.05) is 38.9 Å². The molecule has 0 bridgehead atoms. The summed E-state index contributed by atoms with van der Waals surface area (Å²) in [6.45, 7) is 12.2. The predicted octanol–water partition coefficient (Wildman–Crippen LogP) is 12.6. The van der Waals surface area contributed by atoms with E-state index in [1.54, 1.807) is 66.8 Å². The highest BCUT2D eigenvalue weighted by atomic mass is 127. The SMILES string of the molecule is COc1c(C(C)(C)C)cc(-c2cc(C(F)(F)F)cc(C(F)(F)F)c2)c2c1-c1c(c(-c3cc(C(F)(F)F)cc(C(F)(F)F)c3)cc(C(C)(C)C)c1OC)C[N+](C)([C@H](C)c1ccccc1)C2.[I-]. The zero-order valence-electron chi connectivity index (χ0n) is 37.2. The van der Waals surface area contributed by atoms with E-state index in [1.165, 1.54) is 26.4 Å². The van der Waals surface area contributed by atoms with Gasteiger partial charge < -0.3 is 37.9 Å². The number of rotatable bonds is 6. The third kappa shape index (κ3) is 10.1. The number of halogens is 13. The van der Waals surface area contributed by atoms with Gasteiger partial charge >= 0.3 is 24.7 Å². The third-order valence-corrected chi connectivity index (χ3v) is 12.1. The van der Waals surface area contributed by atoms with Crippen molar-refractivity contribution >= 4 is 0 Å². The molecule has 3 nitrogen and oxygen atoms in total. The van der Waals surface area contributed by atoms with Crippen LogP contribution in [-0.4, -0.2) is 25.8 Å². The lowest BCUT2D eigenvalue weighted by Crippen LogP contribution is -3.00. The van der Waals surface area contributed by atoms with E-state index in [2.05, 4.69) is 0 Å². The van der Waals surface area contributed by atoms with Gasteiger partial charge in [-0.3, -0.25) is 0 Å². The van der Waals surface area contributed by atoms with Gasteiger partial charge in [-0.05, 0) is 88.5 Å². The highest BCUT2D eigenvalue weighted by Gasteiger charge is 2.45. The average molecular weight is 1040 g/mol. The van der Waals surface area contributed by atoms with Crippen LogP contribution in [0.2, 0.25) is 0 Å². The highest BCUT2D eigenvalue weighted by Crippen LogP contribution is 2.57. The number of benzene rings is 5. The molecule has 0 unspecified atom stereocenters. The predicted molar refractivity (Wildman–Crippen MR) is 222 cm³/mol. The fourth-order valence-corrected chi connectivity index (χ4v) is 8.68. The van der Waals surface area contributed by atoms with E-state index in [9.17, 15) is 52.7 Å². The van der Waals surface area contributed by atoms with Crippen molar-refractivity contribution in [2.24, 2.45) is 0 Å². The summed E-state index contributed by atoms with van der Waals surface area (Å²) in [7, 11) is 4.45. The fraction of sp³-hybridized carbons (Fsp3) is 0.388. The summed E-state index contributed by atoms with van der Waals surface area (Å²) in [5, 5.41) is 0. The first-order chi connectivity index (χ1) is 29.2. The zero-order valence-corrected chi connectivity index (χ0v) is 39.3. The molecule has 352 valence electrons.